The summed E-state index contributed by atoms with van der Waals surface area (Å²) in [5.41, 5.74) is 0. The van der Waals surface area contributed by atoms with Crippen LogP contribution in [-0.2, 0) is 0 Å². The summed E-state index contributed by atoms with van der Waals surface area (Å²) in [6.45, 7) is -0.993. The summed E-state index contributed by atoms with van der Waals surface area (Å²) in [4.78, 5) is -0.479. The number of halogens is 4. The lowest BCUT2D eigenvalue weighted by Crippen LogP contribution is -2.44. The number of thiol groups is 1. The van der Waals surface area contributed by atoms with Crippen molar-refractivity contribution in [3.05, 3.63) is 0 Å². The van der Waals surface area contributed by atoms with Crippen LogP contribution in [0.15, 0.2) is 0 Å². The first-order valence-electron chi connectivity index (χ1n) is 3.97. The van der Waals surface area contributed by atoms with Gasteiger partial charge in [0.2, 0.25) is 0 Å². The molecule has 1 atom stereocenters. The van der Waals surface area contributed by atoms with E-state index in [0.717, 1.165) is 12.8 Å². The zero-order valence-electron chi connectivity index (χ0n) is 6.86. The van der Waals surface area contributed by atoms with Crippen molar-refractivity contribution in [2.45, 2.75) is 29.9 Å². The normalized spacial score (nSPS) is 22.8. The number of alkyl halides is 4. The van der Waals surface area contributed by atoms with Crippen LogP contribution in [0.3, 0.4) is 0 Å². The Kier molecular flexibility index (Phi) is 3.41. The predicted octanol–water partition coefficient (Wildman–Crippen LogP) is 2.21. The zero-order valence-corrected chi connectivity index (χ0v) is 8.52. The maximum Gasteiger partial charge on any atom is 0.401 e. The minimum Gasteiger partial charge on any atom is -0.303 e. The average molecular weight is 234 g/mol. The van der Waals surface area contributed by atoms with Gasteiger partial charge in [0.25, 0.3) is 0 Å². The SMILES string of the molecule is FC(F)(F)CNC(CS)C1(Cl)CC1. The Labute approximate surface area is 85.4 Å². The molecule has 13 heavy (non-hydrogen) atoms. The van der Waals surface area contributed by atoms with E-state index in [1.54, 1.807) is 0 Å². The smallest absolute Gasteiger partial charge is 0.303 e. The quantitative estimate of drug-likeness (QED) is 0.561. The molecule has 0 bridgehead atoms. The fraction of sp³-hybridized carbons (Fsp3) is 1.00. The van der Waals surface area contributed by atoms with E-state index in [-0.39, 0.29) is 6.04 Å². The maximum atomic E-state index is 11.8. The molecule has 0 aromatic heterocycles. The Balaban J connectivity index is 2.33. The van der Waals surface area contributed by atoms with Crippen LogP contribution in [0.4, 0.5) is 13.2 Å². The van der Waals surface area contributed by atoms with Crippen LogP contribution in [0.25, 0.3) is 0 Å². The van der Waals surface area contributed by atoms with E-state index in [9.17, 15) is 13.2 Å². The van der Waals surface area contributed by atoms with Crippen LogP contribution in [0.1, 0.15) is 12.8 Å². The third-order valence-electron chi connectivity index (χ3n) is 2.08. The maximum absolute atomic E-state index is 11.8. The summed E-state index contributed by atoms with van der Waals surface area (Å²) in [5.74, 6) is 0.333. The van der Waals surface area contributed by atoms with Crippen molar-refractivity contribution in [3.8, 4) is 0 Å². The molecule has 0 heterocycles. The standard InChI is InChI=1S/C7H11ClF3NS/c8-6(1-2-6)5(3-13)12-4-7(9,10)11/h5,12-13H,1-4H2. The molecule has 1 rings (SSSR count). The highest BCUT2D eigenvalue weighted by Crippen LogP contribution is 2.45. The molecule has 1 aliphatic rings. The van der Waals surface area contributed by atoms with Crippen molar-refractivity contribution in [2.75, 3.05) is 12.3 Å². The fourth-order valence-electron chi connectivity index (χ4n) is 1.12. The van der Waals surface area contributed by atoms with Crippen LogP contribution >= 0.6 is 24.2 Å². The first-order valence-corrected chi connectivity index (χ1v) is 4.98. The van der Waals surface area contributed by atoms with Crippen molar-refractivity contribution in [3.63, 3.8) is 0 Å². The molecular formula is C7H11ClF3NS. The van der Waals surface area contributed by atoms with E-state index in [4.69, 9.17) is 11.6 Å². The Hall–Kier alpha value is 0.390. The Morgan fingerprint density at radius 1 is 1.46 bits per heavy atom. The largest absolute Gasteiger partial charge is 0.401 e. The minimum absolute atomic E-state index is 0.333. The third-order valence-corrected chi connectivity index (χ3v) is 3.09. The number of hydrogen-bond acceptors (Lipinski definition) is 2. The van der Waals surface area contributed by atoms with Gasteiger partial charge in [-0.15, -0.1) is 11.6 Å². The number of rotatable bonds is 4. The topological polar surface area (TPSA) is 12.0 Å². The highest BCUT2D eigenvalue weighted by atomic mass is 35.5. The fourth-order valence-corrected chi connectivity index (χ4v) is 1.95. The molecular weight excluding hydrogens is 223 g/mol. The van der Waals surface area contributed by atoms with Gasteiger partial charge in [-0.2, -0.15) is 25.8 Å². The molecule has 0 spiro atoms. The van der Waals surface area contributed by atoms with E-state index in [1.165, 1.54) is 0 Å². The monoisotopic (exact) mass is 233 g/mol. The first kappa shape index (κ1) is 11.5. The predicted molar refractivity (Wildman–Crippen MR) is 49.5 cm³/mol. The van der Waals surface area contributed by atoms with E-state index in [2.05, 4.69) is 17.9 Å². The van der Waals surface area contributed by atoms with E-state index < -0.39 is 17.6 Å². The molecule has 0 radical (unpaired) electrons. The molecule has 1 aliphatic carbocycles. The van der Waals surface area contributed by atoms with Crippen LogP contribution in [0, 0.1) is 0 Å². The van der Waals surface area contributed by atoms with Gasteiger partial charge in [0.15, 0.2) is 0 Å². The molecule has 1 nitrogen and oxygen atoms in total. The summed E-state index contributed by atoms with van der Waals surface area (Å²) in [6.07, 6.45) is -2.64. The van der Waals surface area contributed by atoms with Gasteiger partial charge in [-0.1, -0.05) is 0 Å². The van der Waals surface area contributed by atoms with Crippen LogP contribution in [0.2, 0.25) is 0 Å². The number of hydrogen-bond donors (Lipinski definition) is 2. The molecule has 6 heteroatoms. The van der Waals surface area contributed by atoms with Gasteiger partial charge in [-0.25, -0.2) is 0 Å². The number of nitrogens with one attached hydrogen (secondary N) is 1. The molecule has 0 aromatic carbocycles. The van der Waals surface area contributed by atoms with Gasteiger partial charge in [0.1, 0.15) is 0 Å². The van der Waals surface area contributed by atoms with Gasteiger partial charge >= 0.3 is 6.18 Å². The molecule has 1 saturated carbocycles. The second kappa shape index (κ2) is 3.87. The third kappa shape index (κ3) is 3.56. The van der Waals surface area contributed by atoms with Gasteiger partial charge in [-0.05, 0) is 12.8 Å². The molecule has 1 fully saturated rings. The van der Waals surface area contributed by atoms with Crippen LogP contribution in [-0.4, -0.2) is 29.4 Å². The van der Waals surface area contributed by atoms with Crippen LogP contribution < -0.4 is 5.32 Å². The first-order chi connectivity index (χ1) is 5.87. The zero-order chi connectivity index (χ0) is 10.1. The molecule has 0 saturated heterocycles. The van der Waals surface area contributed by atoms with E-state index in [1.807, 2.05) is 0 Å². The lowest BCUT2D eigenvalue weighted by Gasteiger charge is -2.21. The van der Waals surface area contributed by atoms with E-state index >= 15 is 0 Å². The molecule has 78 valence electrons. The Bertz CT molecular complexity index is 181. The van der Waals surface area contributed by atoms with Gasteiger partial charge in [0.05, 0.1) is 11.4 Å². The van der Waals surface area contributed by atoms with Crippen molar-refractivity contribution < 1.29 is 13.2 Å². The summed E-state index contributed by atoms with van der Waals surface area (Å²) >= 11 is 9.92. The summed E-state index contributed by atoms with van der Waals surface area (Å²) < 4.78 is 35.5. The second-order valence-corrected chi connectivity index (χ2v) is 4.38. The summed E-state index contributed by atoms with van der Waals surface area (Å²) in [6, 6.07) is -0.348. The summed E-state index contributed by atoms with van der Waals surface area (Å²) in [7, 11) is 0. The van der Waals surface area contributed by atoms with Crippen molar-refractivity contribution in [1.82, 2.24) is 5.32 Å². The molecule has 1 N–H and O–H groups in total. The van der Waals surface area contributed by atoms with Crippen molar-refractivity contribution >= 4 is 24.2 Å². The Morgan fingerprint density at radius 2 is 2.00 bits per heavy atom. The van der Waals surface area contributed by atoms with Gasteiger partial charge in [-0.3, -0.25) is 0 Å². The summed E-state index contributed by atoms with van der Waals surface area (Å²) in [5, 5.41) is 2.38. The van der Waals surface area contributed by atoms with Gasteiger partial charge in [0, 0.05) is 11.8 Å². The lowest BCUT2D eigenvalue weighted by molar-refractivity contribution is -0.126. The molecule has 0 aliphatic heterocycles. The molecule has 0 aromatic rings. The van der Waals surface area contributed by atoms with Crippen molar-refractivity contribution in [2.24, 2.45) is 0 Å². The molecule has 0 amide bonds. The lowest BCUT2D eigenvalue weighted by atomic mass is 10.2. The highest BCUT2D eigenvalue weighted by molar-refractivity contribution is 7.80. The van der Waals surface area contributed by atoms with E-state index in [0.29, 0.717) is 5.75 Å². The second-order valence-electron chi connectivity index (χ2n) is 3.27. The highest BCUT2D eigenvalue weighted by Gasteiger charge is 2.47. The van der Waals surface area contributed by atoms with Crippen molar-refractivity contribution in [1.29, 1.82) is 0 Å². The average Bonchev–Trinajstić information content (AvgIpc) is 2.67. The minimum atomic E-state index is -4.18. The van der Waals surface area contributed by atoms with Gasteiger partial charge < -0.3 is 5.32 Å². The van der Waals surface area contributed by atoms with Crippen LogP contribution in [0.5, 0.6) is 0 Å². The Morgan fingerprint density at radius 3 is 2.31 bits per heavy atom. The molecule has 1 unspecified atom stereocenters.